The maximum atomic E-state index is 15.1. The number of hydrogen-bond acceptors (Lipinski definition) is 6. The van der Waals surface area contributed by atoms with Crippen LogP contribution in [0.2, 0.25) is 0 Å². The third-order valence-electron chi connectivity index (χ3n) is 4.83. The maximum absolute atomic E-state index is 15.1. The van der Waals surface area contributed by atoms with Gasteiger partial charge in [-0.1, -0.05) is 0 Å². The van der Waals surface area contributed by atoms with Gasteiger partial charge in [0.15, 0.2) is 22.6 Å². The summed E-state index contributed by atoms with van der Waals surface area (Å²) < 4.78 is 54.0. The standard InChI is InChI=1S/C21H20F3N3O4/c1-3-27(4-2)21(29)30-9-11-17(23)19(26)16-14(28)8-15(31-20(16)18(11)24)10-5-6-13(25)12(22)7-10/h5-8H,3-4,9,25-26H2,1-2H3. The van der Waals surface area contributed by atoms with E-state index in [2.05, 4.69) is 0 Å². The molecule has 0 fully saturated rings. The Morgan fingerprint density at radius 2 is 1.77 bits per heavy atom. The van der Waals surface area contributed by atoms with E-state index in [0.29, 0.717) is 13.1 Å². The molecule has 3 rings (SSSR count). The van der Waals surface area contributed by atoms with E-state index < -0.39 is 57.8 Å². The van der Waals surface area contributed by atoms with E-state index in [4.69, 9.17) is 20.6 Å². The highest BCUT2D eigenvalue weighted by Gasteiger charge is 2.25. The van der Waals surface area contributed by atoms with Crippen molar-refractivity contribution in [1.29, 1.82) is 0 Å². The summed E-state index contributed by atoms with van der Waals surface area (Å²) >= 11 is 0. The molecular formula is C21H20F3N3O4. The van der Waals surface area contributed by atoms with Gasteiger partial charge in [-0.15, -0.1) is 0 Å². The average molecular weight is 435 g/mol. The van der Waals surface area contributed by atoms with Crippen molar-refractivity contribution in [2.45, 2.75) is 20.5 Å². The zero-order valence-corrected chi connectivity index (χ0v) is 16.8. The molecule has 7 nitrogen and oxygen atoms in total. The van der Waals surface area contributed by atoms with Crippen molar-refractivity contribution in [3.63, 3.8) is 0 Å². The van der Waals surface area contributed by atoms with Gasteiger partial charge in [0, 0.05) is 24.7 Å². The molecule has 0 radical (unpaired) electrons. The second-order valence-corrected chi connectivity index (χ2v) is 6.66. The molecule has 1 aromatic heterocycles. The van der Waals surface area contributed by atoms with Crippen molar-refractivity contribution < 1.29 is 27.1 Å². The first-order chi connectivity index (χ1) is 14.7. The minimum absolute atomic E-state index is 0.113. The molecule has 0 unspecified atom stereocenters. The second-order valence-electron chi connectivity index (χ2n) is 6.66. The smallest absolute Gasteiger partial charge is 0.410 e. The number of halogens is 3. The van der Waals surface area contributed by atoms with Gasteiger partial charge in [0.05, 0.1) is 22.3 Å². The fourth-order valence-corrected chi connectivity index (χ4v) is 3.07. The van der Waals surface area contributed by atoms with Gasteiger partial charge in [-0.25, -0.2) is 18.0 Å². The van der Waals surface area contributed by atoms with Crippen LogP contribution in [0.3, 0.4) is 0 Å². The molecule has 164 valence electrons. The van der Waals surface area contributed by atoms with Gasteiger partial charge in [-0.2, -0.15) is 0 Å². The van der Waals surface area contributed by atoms with E-state index in [1.807, 2.05) is 0 Å². The van der Waals surface area contributed by atoms with Crippen LogP contribution in [-0.4, -0.2) is 24.1 Å². The highest BCUT2D eigenvalue weighted by Crippen LogP contribution is 2.32. The number of amides is 1. The maximum Gasteiger partial charge on any atom is 0.410 e. The topological polar surface area (TPSA) is 112 Å². The summed E-state index contributed by atoms with van der Waals surface area (Å²) in [5.41, 5.74) is 8.37. The number of anilines is 2. The first kappa shape index (κ1) is 22.0. The third kappa shape index (κ3) is 4.00. The van der Waals surface area contributed by atoms with Crippen molar-refractivity contribution in [1.82, 2.24) is 4.90 Å². The summed E-state index contributed by atoms with van der Waals surface area (Å²) in [5.74, 6) is -3.41. The van der Waals surface area contributed by atoms with Gasteiger partial charge in [0.25, 0.3) is 0 Å². The molecule has 2 aromatic carbocycles. The van der Waals surface area contributed by atoms with E-state index in [1.165, 1.54) is 17.0 Å². The minimum atomic E-state index is -1.25. The molecule has 4 N–H and O–H groups in total. The summed E-state index contributed by atoms with van der Waals surface area (Å²) in [6.45, 7) is 3.36. The molecule has 0 saturated heterocycles. The summed E-state index contributed by atoms with van der Waals surface area (Å²) in [4.78, 5) is 25.8. The van der Waals surface area contributed by atoms with Gasteiger partial charge < -0.3 is 25.5 Å². The van der Waals surface area contributed by atoms with E-state index in [-0.39, 0.29) is 17.0 Å². The molecule has 0 aliphatic heterocycles. The Kier molecular flexibility index (Phi) is 6.09. The Morgan fingerprint density at radius 3 is 2.39 bits per heavy atom. The van der Waals surface area contributed by atoms with Gasteiger partial charge in [-0.3, -0.25) is 4.79 Å². The Labute approximate surface area is 175 Å². The van der Waals surface area contributed by atoms with Gasteiger partial charge in [-0.05, 0) is 32.0 Å². The summed E-state index contributed by atoms with van der Waals surface area (Å²) in [5, 5.41) is -0.506. The summed E-state index contributed by atoms with van der Waals surface area (Å²) in [6, 6.07) is 4.59. The van der Waals surface area contributed by atoms with Crippen LogP contribution in [-0.2, 0) is 11.3 Å². The van der Waals surface area contributed by atoms with Gasteiger partial charge >= 0.3 is 6.09 Å². The lowest BCUT2D eigenvalue weighted by Crippen LogP contribution is -2.31. The third-order valence-corrected chi connectivity index (χ3v) is 4.83. The van der Waals surface area contributed by atoms with E-state index >= 15 is 4.39 Å². The number of ether oxygens (including phenoxy) is 1. The van der Waals surface area contributed by atoms with Crippen LogP contribution in [0.5, 0.6) is 0 Å². The zero-order valence-electron chi connectivity index (χ0n) is 16.8. The number of nitrogens with zero attached hydrogens (tertiary/aromatic N) is 1. The average Bonchev–Trinajstić information content (AvgIpc) is 2.74. The molecule has 3 aromatic rings. The predicted molar refractivity (Wildman–Crippen MR) is 110 cm³/mol. The lowest BCUT2D eigenvalue weighted by atomic mass is 10.1. The number of fused-ring (bicyclic) bond motifs is 1. The number of hydrogen-bond donors (Lipinski definition) is 2. The molecule has 0 aliphatic carbocycles. The van der Waals surface area contributed by atoms with Crippen LogP contribution >= 0.6 is 0 Å². The molecule has 0 saturated carbocycles. The number of benzene rings is 2. The van der Waals surface area contributed by atoms with Crippen LogP contribution in [0.1, 0.15) is 19.4 Å². The summed E-state index contributed by atoms with van der Waals surface area (Å²) in [7, 11) is 0. The molecule has 0 atom stereocenters. The predicted octanol–water partition coefficient (Wildman–Crippen LogP) is 4.02. The highest BCUT2D eigenvalue weighted by molar-refractivity contribution is 5.91. The second kappa shape index (κ2) is 8.58. The first-order valence-corrected chi connectivity index (χ1v) is 9.39. The number of rotatable bonds is 5. The van der Waals surface area contributed by atoms with Gasteiger partial charge in [0.2, 0.25) is 0 Å². The molecule has 10 heteroatoms. The SMILES string of the molecule is CCN(CC)C(=O)OCc1c(F)c(N)c2c(=O)cc(-c3ccc(N)c(F)c3)oc2c1F. The van der Waals surface area contributed by atoms with Crippen LogP contribution in [0.25, 0.3) is 22.3 Å². The summed E-state index contributed by atoms with van der Waals surface area (Å²) in [6.07, 6.45) is -0.768. The van der Waals surface area contributed by atoms with Gasteiger partial charge in [0.1, 0.15) is 18.2 Å². The Hall–Kier alpha value is -3.69. The molecule has 0 bridgehead atoms. The number of carbonyl (C=O) groups excluding carboxylic acids is 1. The monoisotopic (exact) mass is 435 g/mol. The van der Waals surface area contributed by atoms with E-state index in [1.54, 1.807) is 13.8 Å². The molecule has 1 amide bonds. The highest BCUT2D eigenvalue weighted by atomic mass is 19.1. The molecule has 0 spiro atoms. The van der Waals surface area contributed by atoms with Crippen molar-refractivity contribution in [2.24, 2.45) is 0 Å². The quantitative estimate of drug-likeness (QED) is 0.586. The molecule has 1 heterocycles. The van der Waals surface area contributed by atoms with Crippen LogP contribution < -0.4 is 16.9 Å². The fourth-order valence-electron chi connectivity index (χ4n) is 3.07. The fraction of sp³-hybridized carbons (Fsp3) is 0.238. The Morgan fingerprint density at radius 1 is 1.10 bits per heavy atom. The van der Waals surface area contributed by atoms with Crippen LogP contribution in [0.4, 0.5) is 29.3 Å². The normalized spacial score (nSPS) is 11.0. The Bertz CT molecular complexity index is 1220. The minimum Gasteiger partial charge on any atom is -0.453 e. The Balaban J connectivity index is 2.12. The zero-order chi connectivity index (χ0) is 22.9. The lowest BCUT2D eigenvalue weighted by Gasteiger charge is -2.18. The van der Waals surface area contributed by atoms with Crippen molar-refractivity contribution in [3.8, 4) is 11.3 Å². The van der Waals surface area contributed by atoms with Crippen molar-refractivity contribution in [3.05, 3.63) is 57.5 Å². The van der Waals surface area contributed by atoms with E-state index in [0.717, 1.165) is 12.1 Å². The molecule has 31 heavy (non-hydrogen) atoms. The van der Waals surface area contributed by atoms with Crippen molar-refractivity contribution in [2.75, 3.05) is 24.6 Å². The first-order valence-electron chi connectivity index (χ1n) is 9.39. The number of nitrogens with two attached hydrogens (primary N) is 2. The number of carbonyl (C=O) groups is 1. The lowest BCUT2D eigenvalue weighted by molar-refractivity contribution is 0.0979. The van der Waals surface area contributed by atoms with Crippen molar-refractivity contribution >= 4 is 28.4 Å². The molecular weight excluding hydrogens is 415 g/mol. The van der Waals surface area contributed by atoms with E-state index in [9.17, 15) is 18.4 Å². The van der Waals surface area contributed by atoms with Crippen LogP contribution in [0.15, 0.2) is 33.5 Å². The number of nitrogen functional groups attached to an aromatic ring is 2. The van der Waals surface area contributed by atoms with Crippen LogP contribution in [0, 0.1) is 17.5 Å². The molecule has 0 aliphatic rings. The largest absolute Gasteiger partial charge is 0.453 e.